The number of rotatable bonds is 6. The number of hydrogen-bond acceptors (Lipinski definition) is 4. The molecule has 0 aromatic heterocycles. The second-order valence-electron chi connectivity index (χ2n) is 7.38. The van der Waals surface area contributed by atoms with Gasteiger partial charge < -0.3 is 14.2 Å². The molecule has 1 aliphatic carbocycles. The van der Waals surface area contributed by atoms with Crippen LogP contribution in [0.5, 0.6) is 17.2 Å². The normalized spacial score (nSPS) is 16.4. The molecule has 3 aromatic carbocycles. The maximum atomic E-state index is 15.3. The smallest absolute Gasteiger partial charge is 0.346 e. The zero-order valence-electron chi connectivity index (χ0n) is 18.1. The lowest BCUT2D eigenvalue weighted by Gasteiger charge is -2.28. The minimum absolute atomic E-state index is 0.0614. The predicted octanol–water partition coefficient (Wildman–Crippen LogP) is 6.82. The molecule has 9 heteroatoms. The molecule has 4 nitrogen and oxygen atoms in total. The lowest BCUT2D eigenvalue weighted by Crippen LogP contribution is -2.19. The van der Waals surface area contributed by atoms with Crippen molar-refractivity contribution >= 4 is 5.97 Å². The van der Waals surface area contributed by atoms with Gasteiger partial charge in [-0.2, -0.15) is 0 Å². The number of ether oxygens (including phenoxy) is 3. The summed E-state index contributed by atoms with van der Waals surface area (Å²) >= 11 is 0. The second kappa shape index (κ2) is 9.32. The Kier molecular flexibility index (Phi) is 6.45. The topological polar surface area (TPSA) is 44.8 Å². The number of benzene rings is 3. The molecule has 4 rings (SSSR count). The summed E-state index contributed by atoms with van der Waals surface area (Å²) < 4.78 is 89.4. The molecule has 0 amide bonds. The zero-order valence-corrected chi connectivity index (χ0v) is 18.1. The molecule has 0 N–H and O–H groups in total. The number of hydrogen-bond donors (Lipinski definition) is 0. The van der Waals surface area contributed by atoms with Crippen molar-refractivity contribution in [3.8, 4) is 28.4 Å². The minimum atomic E-state index is -2.59. The SMILES string of the molecule is CCOc1ccc(OC(=O)c2ccc3c(c2F)C(F)C(F)c2c-3ccc(OCC)c2F)c(F)c1. The van der Waals surface area contributed by atoms with Crippen LogP contribution in [0.3, 0.4) is 0 Å². The summed E-state index contributed by atoms with van der Waals surface area (Å²) in [4.78, 5) is 12.5. The van der Waals surface area contributed by atoms with E-state index >= 15 is 8.78 Å². The molecular weight excluding hydrogens is 459 g/mol. The molecule has 1 aliphatic rings. The highest BCUT2D eigenvalue weighted by molar-refractivity contribution is 5.93. The van der Waals surface area contributed by atoms with Gasteiger partial charge >= 0.3 is 5.97 Å². The average Bonchev–Trinajstić information content (AvgIpc) is 2.80. The van der Waals surface area contributed by atoms with Crippen molar-refractivity contribution in [3.63, 3.8) is 0 Å². The van der Waals surface area contributed by atoms with Crippen molar-refractivity contribution in [2.45, 2.75) is 26.2 Å². The van der Waals surface area contributed by atoms with E-state index in [1.165, 1.54) is 24.3 Å². The van der Waals surface area contributed by atoms with Gasteiger partial charge in [0.15, 0.2) is 35.5 Å². The molecule has 0 fully saturated rings. The molecule has 0 heterocycles. The van der Waals surface area contributed by atoms with Gasteiger partial charge in [0.1, 0.15) is 11.6 Å². The molecule has 2 atom stereocenters. The Morgan fingerprint density at radius 2 is 1.38 bits per heavy atom. The van der Waals surface area contributed by atoms with Gasteiger partial charge in [-0.15, -0.1) is 0 Å². The first-order valence-electron chi connectivity index (χ1n) is 10.5. The summed E-state index contributed by atoms with van der Waals surface area (Å²) in [6, 6.07) is 8.16. The quantitative estimate of drug-likeness (QED) is 0.222. The van der Waals surface area contributed by atoms with Crippen molar-refractivity contribution in [2.75, 3.05) is 13.2 Å². The van der Waals surface area contributed by atoms with Crippen LogP contribution in [0.15, 0.2) is 42.5 Å². The highest BCUT2D eigenvalue weighted by atomic mass is 19.2. The molecule has 2 unspecified atom stereocenters. The summed E-state index contributed by atoms with van der Waals surface area (Å²) in [5.41, 5.74) is -2.23. The lowest BCUT2D eigenvalue weighted by atomic mass is 9.81. The van der Waals surface area contributed by atoms with Gasteiger partial charge in [-0.1, -0.05) is 12.1 Å². The Balaban J connectivity index is 1.72. The van der Waals surface area contributed by atoms with Crippen molar-refractivity contribution in [3.05, 3.63) is 76.6 Å². The van der Waals surface area contributed by atoms with E-state index in [0.29, 0.717) is 6.61 Å². The molecule has 0 saturated carbocycles. The molecule has 0 saturated heterocycles. The van der Waals surface area contributed by atoms with Crippen LogP contribution in [0, 0.1) is 17.5 Å². The van der Waals surface area contributed by atoms with Gasteiger partial charge in [0.05, 0.1) is 18.8 Å². The van der Waals surface area contributed by atoms with Gasteiger partial charge in [0.25, 0.3) is 0 Å². The first-order chi connectivity index (χ1) is 16.3. The molecule has 3 aromatic rings. The average molecular weight is 478 g/mol. The lowest BCUT2D eigenvalue weighted by molar-refractivity contribution is 0.0721. The molecule has 0 bridgehead atoms. The van der Waals surface area contributed by atoms with Crippen LogP contribution < -0.4 is 14.2 Å². The third kappa shape index (κ3) is 3.95. The Hall–Kier alpha value is -3.62. The van der Waals surface area contributed by atoms with Gasteiger partial charge in [0.2, 0.25) is 0 Å². The number of carbonyl (C=O) groups is 1. The molecule has 0 spiro atoms. The predicted molar refractivity (Wildman–Crippen MR) is 113 cm³/mol. The third-order valence-electron chi connectivity index (χ3n) is 5.36. The van der Waals surface area contributed by atoms with Crippen LogP contribution in [-0.4, -0.2) is 19.2 Å². The first-order valence-corrected chi connectivity index (χ1v) is 10.5. The summed E-state index contributed by atoms with van der Waals surface area (Å²) in [7, 11) is 0. The van der Waals surface area contributed by atoms with Crippen LogP contribution in [0.25, 0.3) is 11.1 Å². The maximum Gasteiger partial charge on any atom is 0.346 e. The van der Waals surface area contributed by atoms with Crippen LogP contribution in [-0.2, 0) is 0 Å². The van der Waals surface area contributed by atoms with Crippen molar-refractivity contribution in [1.29, 1.82) is 0 Å². The Labute approximate surface area is 191 Å². The Morgan fingerprint density at radius 3 is 2.00 bits per heavy atom. The van der Waals surface area contributed by atoms with E-state index in [4.69, 9.17) is 14.2 Å². The Bertz CT molecular complexity index is 1260. The standard InChI is InChI=1S/C25H19F5O4/c1-3-32-12-5-9-17(16(26)11-12)34-25(31)15-7-6-13-14-8-10-18(33-4-2)22(28)20(14)24(30)23(29)19(13)21(15)27/h5-11,23-24H,3-4H2,1-2H3. The van der Waals surface area contributed by atoms with E-state index in [1.54, 1.807) is 13.8 Å². The first kappa shape index (κ1) is 23.5. The highest BCUT2D eigenvalue weighted by Gasteiger charge is 2.40. The second-order valence-corrected chi connectivity index (χ2v) is 7.38. The van der Waals surface area contributed by atoms with Gasteiger partial charge in [-0.3, -0.25) is 0 Å². The number of carbonyl (C=O) groups excluding carboxylic acids is 1. The van der Waals surface area contributed by atoms with E-state index in [-0.39, 0.29) is 29.2 Å². The molecule has 178 valence electrons. The maximum absolute atomic E-state index is 15.3. The summed E-state index contributed by atoms with van der Waals surface area (Å²) in [6.45, 7) is 3.71. The Morgan fingerprint density at radius 1 is 0.794 bits per heavy atom. The van der Waals surface area contributed by atoms with Gasteiger partial charge in [-0.05, 0) is 49.2 Å². The van der Waals surface area contributed by atoms with Gasteiger partial charge in [-0.25, -0.2) is 26.7 Å². The number of alkyl halides is 2. The van der Waals surface area contributed by atoms with Crippen molar-refractivity contribution < 1.29 is 41.0 Å². The molecule has 0 aliphatic heterocycles. The van der Waals surface area contributed by atoms with Crippen LogP contribution >= 0.6 is 0 Å². The van der Waals surface area contributed by atoms with Crippen LogP contribution in [0.2, 0.25) is 0 Å². The van der Waals surface area contributed by atoms with E-state index in [0.717, 1.165) is 18.2 Å². The fourth-order valence-electron chi connectivity index (χ4n) is 3.87. The molecule has 34 heavy (non-hydrogen) atoms. The third-order valence-corrected chi connectivity index (χ3v) is 5.36. The summed E-state index contributed by atoms with van der Waals surface area (Å²) in [5, 5.41) is 0. The van der Waals surface area contributed by atoms with Crippen molar-refractivity contribution in [1.82, 2.24) is 0 Å². The van der Waals surface area contributed by atoms with Crippen molar-refractivity contribution in [2.24, 2.45) is 0 Å². The number of fused-ring (bicyclic) bond motifs is 3. The minimum Gasteiger partial charge on any atom is -0.494 e. The van der Waals surface area contributed by atoms with E-state index in [9.17, 15) is 18.0 Å². The van der Waals surface area contributed by atoms with Crippen LogP contribution in [0.4, 0.5) is 22.0 Å². The van der Waals surface area contributed by atoms with Crippen LogP contribution in [0.1, 0.15) is 47.7 Å². The fraction of sp³-hybridized carbons (Fsp3) is 0.240. The molecular formula is C25H19F5O4. The fourth-order valence-corrected chi connectivity index (χ4v) is 3.87. The monoisotopic (exact) mass is 478 g/mol. The summed E-state index contributed by atoms with van der Waals surface area (Å²) in [5.74, 6) is -5.24. The highest BCUT2D eigenvalue weighted by Crippen LogP contribution is 2.51. The molecule has 0 radical (unpaired) electrons. The van der Waals surface area contributed by atoms with E-state index in [1.807, 2.05) is 0 Å². The summed E-state index contributed by atoms with van der Waals surface area (Å²) in [6.07, 6.45) is -5.13. The van der Waals surface area contributed by atoms with Gasteiger partial charge in [0, 0.05) is 17.2 Å². The number of halogens is 5. The zero-order chi connectivity index (χ0) is 24.6. The number of esters is 1. The largest absolute Gasteiger partial charge is 0.494 e. The van der Waals surface area contributed by atoms with E-state index in [2.05, 4.69) is 0 Å². The van der Waals surface area contributed by atoms with E-state index < -0.39 is 58.2 Å².